The van der Waals surface area contributed by atoms with Crippen LogP contribution in [0.4, 0.5) is 0 Å². The van der Waals surface area contributed by atoms with Gasteiger partial charge in [0.05, 0.1) is 5.75 Å². The van der Waals surface area contributed by atoms with E-state index in [0.29, 0.717) is 12.6 Å². The summed E-state index contributed by atoms with van der Waals surface area (Å²) < 4.78 is 26.7. The van der Waals surface area contributed by atoms with Crippen molar-refractivity contribution in [2.45, 2.75) is 58.0 Å². The Hall–Kier alpha value is -1.64. The number of sulfonamides is 1. The van der Waals surface area contributed by atoms with Gasteiger partial charge in [0.1, 0.15) is 0 Å². The van der Waals surface area contributed by atoms with Crippen LogP contribution in [-0.2, 0) is 22.3 Å². The lowest BCUT2D eigenvalue weighted by molar-refractivity contribution is 0.267. The van der Waals surface area contributed by atoms with Crippen LogP contribution in [0.2, 0.25) is 0 Å². The minimum absolute atomic E-state index is 0.00255. The monoisotopic (exact) mass is 409 g/mol. The maximum Gasteiger partial charge on any atom is 0.216 e. The second kappa shape index (κ2) is 10.8. The molecular weight excluding hydrogens is 374 g/mol. The number of benzene rings is 1. The maximum absolute atomic E-state index is 12.0. The average molecular weight is 410 g/mol. The number of guanidine groups is 1. The van der Waals surface area contributed by atoms with Gasteiger partial charge in [-0.25, -0.2) is 13.1 Å². The number of aliphatic imine (C=N–C) groups is 1. The van der Waals surface area contributed by atoms with Crippen molar-refractivity contribution in [3.05, 3.63) is 35.4 Å². The molecule has 0 radical (unpaired) electrons. The molecule has 2 rings (SSSR count). The van der Waals surface area contributed by atoms with E-state index < -0.39 is 10.0 Å². The summed E-state index contributed by atoms with van der Waals surface area (Å²) in [7, 11) is -1.52. The number of likely N-dealkylation sites (tertiary alicyclic amines) is 1. The lowest BCUT2D eigenvalue weighted by Crippen LogP contribution is -2.44. The van der Waals surface area contributed by atoms with Crippen molar-refractivity contribution in [2.24, 2.45) is 4.99 Å². The largest absolute Gasteiger partial charge is 0.355 e. The van der Waals surface area contributed by atoms with E-state index >= 15 is 0 Å². The third-order valence-electron chi connectivity index (χ3n) is 4.89. The standard InChI is InChI=1S/C20H35N5O2S/c1-5-25-12-6-7-19(25)14-23-20(21-4)22-13-17-8-10-18(11-9-17)15-28(26,27)24-16(2)3/h8-11,16,19,24H,5-7,12-15H2,1-4H3,(H2,21,22,23). The van der Waals surface area contributed by atoms with Gasteiger partial charge in [-0.2, -0.15) is 0 Å². The molecule has 0 aliphatic carbocycles. The van der Waals surface area contributed by atoms with Gasteiger partial charge in [0, 0.05) is 32.2 Å². The van der Waals surface area contributed by atoms with Gasteiger partial charge in [0.2, 0.25) is 10.0 Å². The van der Waals surface area contributed by atoms with E-state index in [0.717, 1.165) is 30.2 Å². The molecule has 1 aromatic carbocycles. The fourth-order valence-corrected chi connectivity index (χ4v) is 4.97. The quantitative estimate of drug-likeness (QED) is 0.427. The van der Waals surface area contributed by atoms with Crippen LogP contribution in [-0.4, -0.2) is 58.0 Å². The molecule has 7 nitrogen and oxygen atoms in total. The molecule has 0 saturated carbocycles. The molecule has 1 atom stereocenters. The summed E-state index contributed by atoms with van der Waals surface area (Å²) in [5.41, 5.74) is 1.86. The van der Waals surface area contributed by atoms with Crippen LogP contribution in [0.5, 0.6) is 0 Å². The smallest absolute Gasteiger partial charge is 0.216 e. The molecule has 0 amide bonds. The summed E-state index contributed by atoms with van der Waals surface area (Å²) in [6, 6.07) is 8.12. The van der Waals surface area contributed by atoms with E-state index in [1.807, 2.05) is 38.1 Å². The Morgan fingerprint density at radius 1 is 1.21 bits per heavy atom. The molecule has 3 N–H and O–H groups in total. The Bertz CT molecular complexity index is 731. The van der Waals surface area contributed by atoms with E-state index in [-0.39, 0.29) is 11.8 Å². The molecule has 28 heavy (non-hydrogen) atoms. The first-order valence-corrected chi connectivity index (χ1v) is 11.7. The van der Waals surface area contributed by atoms with E-state index in [4.69, 9.17) is 0 Å². The van der Waals surface area contributed by atoms with Crippen LogP contribution in [0, 0.1) is 0 Å². The number of nitrogens with one attached hydrogen (secondary N) is 3. The highest BCUT2D eigenvalue weighted by atomic mass is 32.2. The van der Waals surface area contributed by atoms with E-state index in [1.54, 1.807) is 7.05 Å². The zero-order valence-corrected chi connectivity index (χ0v) is 18.3. The normalized spacial score (nSPS) is 18.6. The predicted octanol–water partition coefficient (Wildman–Crippen LogP) is 1.66. The molecule has 158 valence electrons. The summed E-state index contributed by atoms with van der Waals surface area (Å²) in [6.07, 6.45) is 2.49. The van der Waals surface area contributed by atoms with E-state index in [2.05, 4.69) is 32.2 Å². The average Bonchev–Trinajstić information content (AvgIpc) is 3.09. The topological polar surface area (TPSA) is 85.8 Å². The SMILES string of the molecule is CCN1CCCC1CNC(=NC)NCc1ccc(CS(=O)(=O)NC(C)C)cc1. The second-order valence-electron chi connectivity index (χ2n) is 7.58. The van der Waals surface area contributed by atoms with Crippen LogP contribution in [0.15, 0.2) is 29.3 Å². The van der Waals surface area contributed by atoms with Crippen molar-refractivity contribution in [1.82, 2.24) is 20.3 Å². The first-order valence-electron chi connectivity index (χ1n) is 10.1. The molecule has 1 heterocycles. The molecular formula is C20H35N5O2S. The predicted molar refractivity (Wildman–Crippen MR) is 116 cm³/mol. The highest BCUT2D eigenvalue weighted by molar-refractivity contribution is 7.88. The van der Waals surface area contributed by atoms with Crippen LogP contribution >= 0.6 is 0 Å². The van der Waals surface area contributed by atoms with Crippen molar-refractivity contribution in [1.29, 1.82) is 0 Å². The molecule has 8 heteroatoms. The third kappa shape index (κ3) is 7.41. The first-order chi connectivity index (χ1) is 13.3. The zero-order valence-electron chi connectivity index (χ0n) is 17.5. The summed E-state index contributed by atoms with van der Waals surface area (Å²) >= 11 is 0. The minimum Gasteiger partial charge on any atom is -0.355 e. The summed E-state index contributed by atoms with van der Waals surface area (Å²) in [4.78, 5) is 6.80. The van der Waals surface area contributed by atoms with Crippen LogP contribution in [0.3, 0.4) is 0 Å². The summed E-state index contributed by atoms with van der Waals surface area (Å²) in [5, 5.41) is 6.74. The number of hydrogen-bond acceptors (Lipinski definition) is 4. The molecule has 0 bridgehead atoms. The number of nitrogens with zero attached hydrogens (tertiary/aromatic N) is 2. The lowest BCUT2D eigenvalue weighted by atomic mass is 10.1. The summed E-state index contributed by atoms with van der Waals surface area (Å²) in [5.74, 6) is 0.785. The van der Waals surface area contributed by atoms with Crippen LogP contribution in [0.1, 0.15) is 44.7 Å². The fraction of sp³-hybridized carbons (Fsp3) is 0.650. The zero-order chi connectivity index (χ0) is 20.6. The van der Waals surface area contributed by atoms with Gasteiger partial charge < -0.3 is 10.6 Å². The van der Waals surface area contributed by atoms with Gasteiger partial charge in [-0.1, -0.05) is 31.2 Å². The fourth-order valence-electron chi connectivity index (χ4n) is 3.54. The number of likely N-dealkylation sites (N-methyl/N-ethyl adjacent to an activating group) is 1. The van der Waals surface area contributed by atoms with Gasteiger partial charge in [0.15, 0.2) is 5.96 Å². The Kier molecular flexibility index (Phi) is 8.72. The molecule has 0 aromatic heterocycles. The van der Waals surface area contributed by atoms with Crippen molar-refractivity contribution in [2.75, 3.05) is 26.7 Å². The van der Waals surface area contributed by atoms with Crippen molar-refractivity contribution in [3.8, 4) is 0 Å². The van der Waals surface area contributed by atoms with Gasteiger partial charge in [0.25, 0.3) is 0 Å². The van der Waals surface area contributed by atoms with Gasteiger partial charge in [-0.3, -0.25) is 9.89 Å². The Morgan fingerprint density at radius 2 is 1.89 bits per heavy atom. The molecule has 1 fully saturated rings. The highest BCUT2D eigenvalue weighted by Crippen LogP contribution is 2.15. The van der Waals surface area contributed by atoms with Gasteiger partial charge >= 0.3 is 0 Å². The van der Waals surface area contributed by atoms with Gasteiger partial charge in [-0.05, 0) is 50.9 Å². The minimum atomic E-state index is -3.30. The Morgan fingerprint density at radius 3 is 2.50 bits per heavy atom. The molecule has 1 unspecified atom stereocenters. The van der Waals surface area contributed by atoms with Crippen molar-refractivity contribution in [3.63, 3.8) is 0 Å². The summed E-state index contributed by atoms with van der Waals surface area (Å²) in [6.45, 7) is 9.65. The van der Waals surface area contributed by atoms with Crippen LogP contribution in [0.25, 0.3) is 0 Å². The molecule has 1 aromatic rings. The maximum atomic E-state index is 12.0. The second-order valence-corrected chi connectivity index (χ2v) is 9.33. The molecule has 1 aliphatic rings. The Balaban J connectivity index is 1.81. The van der Waals surface area contributed by atoms with Gasteiger partial charge in [-0.15, -0.1) is 0 Å². The van der Waals surface area contributed by atoms with Crippen molar-refractivity contribution < 1.29 is 8.42 Å². The highest BCUT2D eigenvalue weighted by Gasteiger charge is 2.22. The molecule has 0 spiro atoms. The van der Waals surface area contributed by atoms with Crippen LogP contribution < -0.4 is 15.4 Å². The lowest BCUT2D eigenvalue weighted by Gasteiger charge is -2.24. The number of hydrogen-bond donors (Lipinski definition) is 3. The third-order valence-corrected chi connectivity index (χ3v) is 6.43. The Labute approximate surface area is 170 Å². The van der Waals surface area contributed by atoms with E-state index in [9.17, 15) is 8.42 Å². The van der Waals surface area contributed by atoms with E-state index in [1.165, 1.54) is 19.4 Å². The molecule has 1 aliphatic heterocycles. The number of rotatable bonds is 9. The molecule has 1 saturated heterocycles. The van der Waals surface area contributed by atoms with Crippen molar-refractivity contribution >= 4 is 16.0 Å². The first kappa shape index (κ1) is 22.6.